The molecule has 1 aromatic carbocycles. The molecule has 0 saturated carbocycles. The smallest absolute Gasteiger partial charge is 0.408 e. The zero-order valence-corrected chi connectivity index (χ0v) is 18.9. The number of carbonyl (C=O) groups excluding carboxylic acids is 4. The minimum atomic E-state index is -1.13. The van der Waals surface area contributed by atoms with Gasteiger partial charge < -0.3 is 30.1 Å². The molecule has 0 aliphatic heterocycles. The van der Waals surface area contributed by atoms with Gasteiger partial charge in [0.15, 0.2) is 0 Å². The van der Waals surface area contributed by atoms with Gasteiger partial charge in [-0.3, -0.25) is 14.4 Å². The van der Waals surface area contributed by atoms with Crippen molar-refractivity contribution in [3.8, 4) is 5.75 Å². The van der Waals surface area contributed by atoms with Crippen molar-refractivity contribution in [1.29, 1.82) is 0 Å². The summed E-state index contributed by atoms with van der Waals surface area (Å²) in [6.07, 6.45) is -0.770. The number of esters is 1. The Kier molecular flexibility index (Phi) is 8.84. The Bertz CT molecular complexity index is 833. The number of benzene rings is 1. The quantitative estimate of drug-likeness (QED) is 0.549. The molecule has 0 aliphatic rings. The number of nitrogens with one attached hydrogen (secondary N) is 2. The van der Waals surface area contributed by atoms with Crippen molar-refractivity contribution in [2.75, 3.05) is 20.7 Å². The standard InChI is InChI=1S/C21H31N3O7/c1-12-10-14(8-9-15(12)25)17(18(27)22-11-16(26)30-7)24(6)19(28)13(2)23-20(29)31-21(3,4)5/h8-10,13,17,25H,11H2,1-7H3,(H,22,27)(H,23,29). The van der Waals surface area contributed by atoms with E-state index in [9.17, 15) is 24.3 Å². The summed E-state index contributed by atoms with van der Waals surface area (Å²) in [6, 6.07) is 2.35. The monoisotopic (exact) mass is 437 g/mol. The Morgan fingerprint density at radius 3 is 2.32 bits per heavy atom. The first-order valence-electron chi connectivity index (χ1n) is 9.67. The lowest BCUT2D eigenvalue weighted by Crippen LogP contribution is -2.50. The maximum atomic E-state index is 12.9. The largest absolute Gasteiger partial charge is 0.508 e. The van der Waals surface area contributed by atoms with E-state index in [1.54, 1.807) is 33.8 Å². The lowest BCUT2D eigenvalue weighted by atomic mass is 10.0. The van der Waals surface area contributed by atoms with Gasteiger partial charge in [0, 0.05) is 7.05 Å². The number of phenols is 1. The first-order chi connectivity index (χ1) is 14.3. The van der Waals surface area contributed by atoms with Gasteiger partial charge in [-0.15, -0.1) is 0 Å². The fourth-order valence-electron chi connectivity index (χ4n) is 2.71. The van der Waals surface area contributed by atoms with Crippen molar-refractivity contribution in [3.63, 3.8) is 0 Å². The lowest BCUT2D eigenvalue weighted by Gasteiger charge is -2.30. The highest BCUT2D eigenvalue weighted by Crippen LogP contribution is 2.26. The average Bonchev–Trinajstić information content (AvgIpc) is 2.66. The summed E-state index contributed by atoms with van der Waals surface area (Å²) in [6.45, 7) is 7.82. The fraction of sp³-hybridized carbons (Fsp3) is 0.524. The van der Waals surface area contributed by atoms with Crippen LogP contribution in [0.3, 0.4) is 0 Å². The fourth-order valence-corrected chi connectivity index (χ4v) is 2.71. The van der Waals surface area contributed by atoms with Crippen LogP contribution in [0.1, 0.15) is 44.9 Å². The maximum absolute atomic E-state index is 12.9. The minimum Gasteiger partial charge on any atom is -0.508 e. The highest BCUT2D eigenvalue weighted by molar-refractivity contribution is 5.92. The van der Waals surface area contributed by atoms with E-state index in [0.29, 0.717) is 11.1 Å². The summed E-state index contributed by atoms with van der Waals surface area (Å²) in [7, 11) is 2.59. The molecule has 0 bridgehead atoms. The van der Waals surface area contributed by atoms with Crippen LogP contribution in [0, 0.1) is 6.92 Å². The van der Waals surface area contributed by atoms with E-state index in [-0.39, 0.29) is 12.3 Å². The molecule has 0 fully saturated rings. The summed E-state index contributed by atoms with van der Waals surface area (Å²) in [4.78, 5) is 50.4. The van der Waals surface area contributed by atoms with Gasteiger partial charge in [0.2, 0.25) is 11.8 Å². The maximum Gasteiger partial charge on any atom is 0.408 e. The number of phenolic OH excluding ortho intramolecular Hbond substituents is 1. The first-order valence-corrected chi connectivity index (χ1v) is 9.67. The van der Waals surface area contributed by atoms with Crippen LogP contribution in [0.15, 0.2) is 18.2 Å². The highest BCUT2D eigenvalue weighted by atomic mass is 16.6. The first kappa shape index (κ1) is 25.7. The van der Waals surface area contributed by atoms with Crippen LogP contribution in [0.2, 0.25) is 0 Å². The van der Waals surface area contributed by atoms with E-state index in [0.717, 1.165) is 4.90 Å². The van der Waals surface area contributed by atoms with Crippen molar-refractivity contribution < 1.29 is 33.8 Å². The third kappa shape index (κ3) is 7.80. The number of rotatable bonds is 7. The van der Waals surface area contributed by atoms with Gasteiger partial charge in [-0.25, -0.2) is 4.79 Å². The Hall–Kier alpha value is -3.30. The Morgan fingerprint density at radius 1 is 1.19 bits per heavy atom. The van der Waals surface area contributed by atoms with E-state index >= 15 is 0 Å². The predicted molar refractivity (Wildman–Crippen MR) is 112 cm³/mol. The zero-order chi connectivity index (χ0) is 23.9. The number of hydrogen-bond acceptors (Lipinski definition) is 7. The summed E-state index contributed by atoms with van der Waals surface area (Å²) in [5, 5.41) is 14.7. The third-order valence-corrected chi connectivity index (χ3v) is 4.26. The van der Waals surface area contributed by atoms with Crippen molar-refractivity contribution in [2.45, 2.75) is 52.3 Å². The summed E-state index contributed by atoms with van der Waals surface area (Å²) >= 11 is 0. The minimum absolute atomic E-state index is 0.0337. The molecule has 1 rings (SSSR count). The second-order valence-electron chi connectivity index (χ2n) is 8.06. The van der Waals surface area contributed by atoms with E-state index in [1.165, 1.54) is 33.2 Å². The van der Waals surface area contributed by atoms with Crippen molar-refractivity contribution in [2.24, 2.45) is 0 Å². The molecule has 10 nitrogen and oxygen atoms in total. The average molecular weight is 437 g/mol. The van der Waals surface area contributed by atoms with E-state index < -0.39 is 41.6 Å². The molecule has 1 aromatic rings. The molecular weight excluding hydrogens is 406 g/mol. The van der Waals surface area contributed by atoms with E-state index in [1.807, 2.05) is 0 Å². The second-order valence-corrected chi connectivity index (χ2v) is 8.06. The number of carbonyl (C=O) groups is 4. The van der Waals surface area contributed by atoms with Crippen LogP contribution >= 0.6 is 0 Å². The Labute approximate surface area is 181 Å². The Balaban J connectivity index is 3.11. The van der Waals surface area contributed by atoms with Gasteiger partial charge >= 0.3 is 12.1 Å². The number of nitrogens with zero attached hydrogens (tertiary/aromatic N) is 1. The van der Waals surface area contributed by atoms with E-state index in [4.69, 9.17) is 4.74 Å². The van der Waals surface area contributed by atoms with Crippen LogP contribution in [0.25, 0.3) is 0 Å². The van der Waals surface area contributed by atoms with Gasteiger partial charge in [-0.1, -0.05) is 6.07 Å². The molecular formula is C21H31N3O7. The van der Waals surface area contributed by atoms with Crippen LogP contribution in [0.4, 0.5) is 4.79 Å². The van der Waals surface area contributed by atoms with Crippen molar-refractivity contribution in [1.82, 2.24) is 15.5 Å². The number of methoxy groups -OCH3 is 1. The summed E-state index contributed by atoms with van der Waals surface area (Å²) < 4.78 is 9.68. The molecule has 0 radical (unpaired) electrons. The van der Waals surface area contributed by atoms with Gasteiger partial charge in [0.05, 0.1) is 7.11 Å². The lowest BCUT2D eigenvalue weighted by molar-refractivity contribution is -0.143. The SMILES string of the molecule is COC(=O)CNC(=O)C(c1ccc(O)c(C)c1)N(C)C(=O)C(C)NC(=O)OC(C)(C)C. The molecule has 3 amide bonds. The molecule has 2 atom stereocenters. The molecule has 31 heavy (non-hydrogen) atoms. The van der Waals surface area contributed by atoms with Crippen LogP contribution in [-0.4, -0.2) is 66.2 Å². The second kappa shape index (κ2) is 10.6. The number of hydrogen-bond donors (Lipinski definition) is 3. The molecule has 3 N–H and O–H groups in total. The number of aromatic hydroxyl groups is 1. The molecule has 0 aliphatic carbocycles. The molecule has 2 unspecified atom stereocenters. The number of likely N-dealkylation sites (N-methyl/N-ethyl adjacent to an activating group) is 1. The summed E-state index contributed by atoms with van der Waals surface area (Å²) in [5.41, 5.74) is 0.181. The van der Waals surface area contributed by atoms with Crippen LogP contribution < -0.4 is 10.6 Å². The van der Waals surface area contributed by atoms with Gasteiger partial charge in [0.25, 0.3) is 0 Å². The normalized spacial score (nSPS) is 12.9. The van der Waals surface area contributed by atoms with Crippen LogP contribution in [0.5, 0.6) is 5.75 Å². The third-order valence-electron chi connectivity index (χ3n) is 4.26. The van der Waals surface area contributed by atoms with Crippen molar-refractivity contribution in [3.05, 3.63) is 29.3 Å². The van der Waals surface area contributed by atoms with E-state index in [2.05, 4.69) is 15.4 Å². The van der Waals surface area contributed by atoms with Crippen LogP contribution in [-0.2, 0) is 23.9 Å². The number of alkyl carbamates (subject to hydrolysis) is 1. The molecule has 0 heterocycles. The molecule has 0 saturated heterocycles. The molecule has 0 spiro atoms. The molecule has 10 heteroatoms. The van der Waals surface area contributed by atoms with Gasteiger partial charge in [-0.05, 0) is 57.9 Å². The number of amides is 3. The number of aryl methyl sites for hydroxylation is 1. The number of ether oxygens (including phenoxy) is 2. The van der Waals surface area contributed by atoms with Gasteiger partial charge in [0.1, 0.15) is 30.0 Å². The summed E-state index contributed by atoms with van der Waals surface area (Å²) in [5.74, 6) is -1.81. The molecule has 0 aromatic heterocycles. The Morgan fingerprint density at radius 2 is 1.81 bits per heavy atom. The topological polar surface area (TPSA) is 134 Å². The molecule has 172 valence electrons. The zero-order valence-electron chi connectivity index (χ0n) is 18.9. The highest BCUT2D eigenvalue weighted by Gasteiger charge is 2.32. The van der Waals surface area contributed by atoms with Gasteiger partial charge in [-0.2, -0.15) is 0 Å². The predicted octanol–water partition coefficient (Wildman–Crippen LogP) is 1.40. The van der Waals surface area contributed by atoms with Crippen molar-refractivity contribution >= 4 is 23.9 Å².